The highest BCUT2D eigenvalue weighted by Gasteiger charge is 2.13. The normalized spacial score (nSPS) is 11.1. The second-order valence-corrected chi connectivity index (χ2v) is 5.24. The minimum atomic E-state index is -0.426. The highest BCUT2D eigenvalue weighted by molar-refractivity contribution is 5.51. The van der Waals surface area contributed by atoms with Gasteiger partial charge in [-0.25, -0.2) is 4.68 Å². The molecule has 7 nitrogen and oxygen atoms in total. The van der Waals surface area contributed by atoms with E-state index >= 15 is 0 Å². The number of aryl methyl sites for hydroxylation is 1. The van der Waals surface area contributed by atoms with Gasteiger partial charge in [0.25, 0.3) is 5.69 Å². The molecule has 0 amide bonds. The fourth-order valence-corrected chi connectivity index (χ4v) is 2.35. The van der Waals surface area contributed by atoms with Crippen molar-refractivity contribution >= 4 is 17.1 Å². The number of nitro groups is 1. The summed E-state index contributed by atoms with van der Waals surface area (Å²) >= 11 is 0. The molecule has 120 valence electrons. The number of hydrogen-bond acceptors (Lipinski definition) is 5. The molecular formula is C17H15N5O2. The third-order valence-electron chi connectivity index (χ3n) is 3.58. The number of non-ortho nitro benzene ring substituents is 1. The van der Waals surface area contributed by atoms with Crippen LogP contribution >= 0.6 is 0 Å². The number of azo groups is 1. The molecule has 3 rings (SSSR count). The fraction of sp³-hybridized carbons (Fsp3) is 0.118. The first-order chi connectivity index (χ1) is 11.6. The molecule has 0 atom stereocenters. The van der Waals surface area contributed by atoms with E-state index in [1.165, 1.54) is 12.1 Å². The Morgan fingerprint density at radius 1 is 1.00 bits per heavy atom. The Labute approximate surface area is 138 Å². The number of benzene rings is 2. The standard InChI is InChI=1S/C17H15N5O2/c1-12-17(19-18-14-6-4-3-5-7-14)13(2)21(20-12)15-8-10-16(11-9-15)22(23)24/h3-11H,1-2H3. The van der Waals surface area contributed by atoms with Crippen LogP contribution in [0.2, 0.25) is 0 Å². The van der Waals surface area contributed by atoms with Gasteiger partial charge in [0.15, 0.2) is 0 Å². The minimum Gasteiger partial charge on any atom is -0.258 e. The molecule has 0 saturated heterocycles. The molecule has 0 N–H and O–H groups in total. The molecule has 2 aromatic carbocycles. The van der Waals surface area contributed by atoms with Gasteiger partial charge in [-0.15, -0.1) is 5.11 Å². The van der Waals surface area contributed by atoms with Crippen molar-refractivity contribution in [3.8, 4) is 5.69 Å². The lowest BCUT2D eigenvalue weighted by atomic mass is 10.2. The maximum absolute atomic E-state index is 10.7. The predicted molar refractivity (Wildman–Crippen MR) is 90.3 cm³/mol. The smallest absolute Gasteiger partial charge is 0.258 e. The van der Waals surface area contributed by atoms with E-state index in [1.54, 1.807) is 16.8 Å². The van der Waals surface area contributed by atoms with Crippen molar-refractivity contribution in [2.24, 2.45) is 10.2 Å². The number of nitrogens with zero attached hydrogens (tertiary/aromatic N) is 5. The largest absolute Gasteiger partial charge is 0.269 e. The van der Waals surface area contributed by atoms with Gasteiger partial charge >= 0.3 is 0 Å². The van der Waals surface area contributed by atoms with E-state index in [0.29, 0.717) is 5.69 Å². The predicted octanol–water partition coefficient (Wildman–Crippen LogP) is 4.81. The number of nitro benzene ring substituents is 1. The minimum absolute atomic E-state index is 0.0456. The van der Waals surface area contributed by atoms with E-state index in [1.807, 2.05) is 44.2 Å². The lowest BCUT2D eigenvalue weighted by Crippen LogP contribution is -1.99. The number of hydrogen-bond donors (Lipinski definition) is 0. The summed E-state index contributed by atoms with van der Waals surface area (Å²) < 4.78 is 1.71. The lowest BCUT2D eigenvalue weighted by molar-refractivity contribution is -0.384. The van der Waals surface area contributed by atoms with Crippen LogP contribution in [0.1, 0.15) is 11.4 Å². The van der Waals surface area contributed by atoms with E-state index < -0.39 is 4.92 Å². The van der Waals surface area contributed by atoms with Gasteiger partial charge in [0.05, 0.1) is 27.7 Å². The van der Waals surface area contributed by atoms with Crippen LogP contribution in [-0.4, -0.2) is 14.7 Å². The van der Waals surface area contributed by atoms with Crippen LogP contribution in [0.5, 0.6) is 0 Å². The van der Waals surface area contributed by atoms with Crippen molar-refractivity contribution in [2.45, 2.75) is 13.8 Å². The third-order valence-corrected chi connectivity index (χ3v) is 3.58. The van der Waals surface area contributed by atoms with E-state index in [0.717, 1.165) is 22.8 Å². The first-order valence-corrected chi connectivity index (χ1v) is 7.34. The number of rotatable bonds is 4. The van der Waals surface area contributed by atoms with E-state index in [-0.39, 0.29) is 5.69 Å². The molecule has 0 saturated carbocycles. The Hall–Kier alpha value is -3.35. The van der Waals surface area contributed by atoms with E-state index in [4.69, 9.17) is 0 Å². The van der Waals surface area contributed by atoms with Crippen LogP contribution in [0.4, 0.5) is 17.1 Å². The van der Waals surface area contributed by atoms with E-state index in [2.05, 4.69) is 15.3 Å². The maximum Gasteiger partial charge on any atom is 0.269 e. The van der Waals surface area contributed by atoms with Crippen LogP contribution in [-0.2, 0) is 0 Å². The zero-order valence-electron chi connectivity index (χ0n) is 13.2. The molecule has 0 aliphatic rings. The Morgan fingerprint density at radius 2 is 1.67 bits per heavy atom. The summed E-state index contributed by atoms with van der Waals surface area (Å²) in [4.78, 5) is 10.3. The summed E-state index contributed by atoms with van der Waals surface area (Å²) in [5, 5.41) is 23.7. The second kappa shape index (κ2) is 6.41. The van der Waals surface area contributed by atoms with Gasteiger partial charge in [-0.2, -0.15) is 10.2 Å². The zero-order chi connectivity index (χ0) is 17.1. The Kier molecular flexibility index (Phi) is 4.15. The first-order valence-electron chi connectivity index (χ1n) is 7.34. The van der Waals surface area contributed by atoms with Crippen molar-refractivity contribution in [3.63, 3.8) is 0 Å². The monoisotopic (exact) mass is 321 g/mol. The Morgan fingerprint density at radius 3 is 2.29 bits per heavy atom. The van der Waals surface area contributed by atoms with Crippen molar-refractivity contribution in [1.29, 1.82) is 0 Å². The summed E-state index contributed by atoms with van der Waals surface area (Å²) in [5.41, 5.74) is 3.80. The quantitative estimate of drug-likeness (QED) is 0.392. The van der Waals surface area contributed by atoms with Crippen molar-refractivity contribution in [2.75, 3.05) is 0 Å². The molecular weight excluding hydrogens is 306 g/mol. The van der Waals surface area contributed by atoms with Crippen LogP contribution in [0, 0.1) is 24.0 Å². The summed E-state index contributed by atoms with van der Waals surface area (Å²) in [6, 6.07) is 15.7. The average Bonchev–Trinajstić information content (AvgIpc) is 2.88. The summed E-state index contributed by atoms with van der Waals surface area (Å²) in [5.74, 6) is 0. The molecule has 3 aromatic rings. The zero-order valence-corrected chi connectivity index (χ0v) is 13.2. The molecule has 0 radical (unpaired) electrons. The van der Waals surface area contributed by atoms with Crippen molar-refractivity contribution < 1.29 is 4.92 Å². The number of aromatic nitrogens is 2. The van der Waals surface area contributed by atoms with Gasteiger partial charge in [0, 0.05) is 12.1 Å². The van der Waals surface area contributed by atoms with Crippen molar-refractivity contribution in [3.05, 3.63) is 76.1 Å². The van der Waals surface area contributed by atoms with Gasteiger partial charge < -0.3 is 0 Å². The molecule has 0 aliphatic heterocycles. The maximum atomic E-state index is 10.7. The van der Waals surface area contributed by atoms with Crippen LogP contribution in [0.15, 0.2) is 64.8 Å². The van der Waals surface area contributed by atoms with Gasteiger partial charge in [-0.05, 0) is 38.1 Å². The molecule has 7 heteroatoms. The summed E-state index contributed by atoms with van der Waals surface area (Å²) in [6.07, 6.45) is 0. The topological polar surface area (TPSA) is 85.7 Å². The molecule has 0 unspecified atom stereocenters. The lowest BCUT2D eigenvalue weighted by Gasteiger charge is -2.03. The molecule has 0 bridgehead atoms. The average molecular weight is 321 g/mol. The third kappa shape index (κ3) is 3.05. The SMILES string of the molecule is Cc1nn(-c2ccc([N+](=O)[O-])cc2)c(C)c1N=Nc1ccccc1. The van der Waals surface area contributed by atoms with E-state index in [9.17, 15) is 10.1 Å². The first kappa shape index (κ1) is 15.5. The summed E-state index contributed by atoms with van der Waals surface area (Å²) in [7, 11) is 0. The van der Waals surface area contributed by atoms with Gasteiger partial charge in [-0.1, -0.05) is 18.2 Å². The second-order valence-electron chi connectivity index (χ2n) is 5.24. The van der Waals surface area contributed by atoms with Crippen molar-refractivity contribution in [1.82, 2.24) is 9.78 Å². The van der Waals surface area contributed by atoms with Gasteiger partial charge in [-0.3, -0.25) is 10.1 Å². The Balaban J connectivity index is 1.94. The molecule has 24 heavy (non-hydrogen) atoms. The molecule has 1 heterocycles. The molecule has 0 fully saturated rings. The van der Waals surface area contributed by atoms with Gasteiger partial charge in [0.2, 0.25) is 0 Å². The van der Waals surface area contributed by atoms with Crippen LogP contribution in [0.3, 0.4) is 0 Å². The van der Waals surface area contributed by atoms with Crippen LogP contribution in [0.25, 0.3) is 5.69 Å². The van der Waals surface area contributed by atoms with Gasteiger partial charge in [0.1, 0.15) is 5.69 Å². The van der Waals surface area contributed by atoms with Crippen LogP contribution < -0.4 is 0 Å². The highest BCUT2D eigenvalue weighted by Crippen LogP contribution is 2.28. The fourth-order valence-electron chi connectivity index (χ4n) is 2.35. The summed E-state index contributed by atoms with van der Waals surface area (Å²) in [6.45, 7) is 3.75. The molecule has 0 aliphatic carbocycles. The molecule has 0 spiro atoms. The Bertz CT molecular complexity index is 899. The highest BCUT2D eigenvalue weighted by atomic mass is 16.6. The molecule has 1 aromatic heterocycles.